The van der Waals surface area contributed by atoms with Gasteiger partial charge in [-0.1, -0.05) is 0 Å². The molecular weight excluding hydrogens is 358 g/mol. The van der Waals surface area contributed by atoms with Gasteiger partial charge in [0.2, 0.25) is 11.8 Å². The molecule has 0 saturated heterocycles. The Hall–Kier alpha value is -3.94. The zero-order valence-electron chi connectivity index (χ0n) is 15.4. The van der Waals surface area contributed by atoms with Gasteiger partial charge in [0.15, 0.2) is 0 Å². The molecule has 0 spiro atoms. The van der Waals surface area contributed by atoms with Crippen molar-refractivity contribution in [3.05, 3.63) is 66.5 Å². The van der Waals surface area contributed by atoms with Crippen LogP contribution in [0.1, 0.15) is 24.2 Å². The molecule has 0 aliphatic rings. The van der Waals surface area contributed by atoms with E-state index < -0.39 is 0 Å². The Morgan fingerprint density at radius 3 is 1.93 bits per heavy atom. The third-order valence-electron chi connectivity index (χ3n) is 3.73. The second-order valence-corrected chi connectivity index (χ2v) is 6.11. The molecular formula is C20H19N5O3. The largest absolute Gasteiger partial charge is 0.326 e. The smallest absolute Gasteiger partial charge is 0.255 e. The molecule has 3 N–H and O–H groups in total. The lowest BCUT2D eigenvalue weighted by molar-refractivity contribution is -0.115. The number of benzene rings is 2. The quantitative estimate of drug-likeness (QED) is 0.635. The van der Waals surface area contributed by atoms with Gasteiger partial charge in [-0.3, -0.25) is 14.4 Å². The molecule has 0 saturated carbocycles. The van der Waals surface area contributed by atoms with Gasteiger partial charge in [-0.15, -0.1) is 0 Å². The van der Waals surface area contributed by atoms with Gasteiger partial charge in [-0.25, -0.2) is 4.68 Å². The summed E-state index contributed by atoms with van der Waals surface area (Å²) >= 11 is 0. The monoisotopic (exact) mass is 377 g/mol. The van der Waals surface area contributed by atoms with Crippen molar-refractivity contribution in [2.24, 2.45) is 0 Å². The fourth-order valence-corrected chi connectivity index (χ4v) is 2.63. The number of hydrogen-bond acceptors (Lipinski definition) is 4. The van der Waals surface area contributed by atoms with Crippen LogP contribution in [0.5, 0.6) is 0 Å². The molecule has 0 unspecified atom stereocenters. The van der Waals surface area contributed by atoms with Gasteiger partial charge in [-0.05, 0) is 48.5 Å². The molecule has 3 amide bonds. The summed E-state index contributed by atoms with van der Waals surface area (Å²) in [5, 5.41) is 12.2. The average Bonchev–Trinajstić information content (AvgIpc) is 3.15. The number of anilines is 3. The van der Waals surface area contributed by atoms with E-state index in [0.717, 1.165) is 5.69 Å². The topological polar surface area (TPSA) is 105 Å². The Kier molecular flexibility index (Phi) is 5.50. The summed E-state index contributed by atoms with van der Waals surface area (Å²) in [6.07, 6.45) is 3.51. The molecule has 3 aromatic rings. The van der Waals surface area contributed by atoms with Crippen molar-refractivity contribution in [3.63, 3.8) is 0 Å². The second kappa shape index (κ2) is 8.17. The van der Waals surface area contributed by atoms with Crippen LogP contribution in [0.2, 0.25) is 0 Å². The molecule has 1 aromatic heterocycles. The first-order valence-corrected chi connectivity index (χ1v) is 8.52. The molecule has 0 radical (unpaired) electrons. The van der Waals surface area contributed by atoms with Crippen molar-refractivity contribution in [1.29, 1.82) is 0 Å². The first kappa shape index (κ1) is 18.8. The zero-order chi connectivity index (χ0) is 20.1. The maximum absolute atomic E-state index is 12.6. The lowest BCUT2D eigenvalue weighted by Gasteiger charge is -2.11. The maximum atomic E-state index is 12.6. The molecule has 0 fully saturated rings. The molecule has 8 heteroatoms. The number of nitrogens with one attached hydrogen (secondary N) is 3. The molecule has 8 nitrogen and oxygen atoms in total. The fraction of sp³-hybridized carbons (Fsp3) is 0.100. The summed E-state index contributed by atoms with van der Waals surface area (Å²) < 4.78 is 1.71. The number of nitrogens with zero attached hydrogens (tertiary/aromatic N) is 2. The molecule has 1 heterocycles. The molecule has 3 rings (SSSR count). The Morgan fingerprint density at radius 2 is 1.43 bits per heavy atom. The normalized spacial score (nSPS) is 10.2. The lowest BCUT2D eigenvalue weighted by atomic mass is 10.1. The van der Waals surface area contributed by atoms with E-state index in [1.807, 2.05) is 24.4 Å². The highest BCUT2D eigenvalue weighted by Gasteiger charge is 2.11. The van der Waals surface area contributed by atoms with Crippen LogP contribution < -0.4 is 16.0 Å². The third-order valence-corrected chi connectivity index (χ3v) is 3.73. The van der Waals surface area contributed by atoms with Gasteiger partial charge in [0.1, 0.15) is 0 Å². The summed E-state index contributed by atoms with van der Waals surface area (Å²) in [5.41, 5.74) is 2.59. The highest BCUT2D eigenvalue weighted by atomic mass is 16.2. The molecule has 2 aromatic carbocycles. The zero-order valence-corrected chi connectivity index (χ0v) is 15.4. The molecule has 0 bridgehead atoms. The SMILES string of the molecule is CC(=O)Nc1cc(NC(C)=O)cc(C(=O)Nc2ccc(-n3cccn3)cc2)c1. The van der Waals surface area contributed by atoms with E-state index >= 15 is 0 Å². The van der Waals surface area contributed by atoms with Gasteiger partial charge in [0.05, 0.1) is 5.69 Å². The van der Waals surface area contributed by atoms with Crippen molar-refractivity contribution in [1.82, 2.24) is 9.78 Å². The van der Waals surface area contributed by atoms with Gasteiger partial charge < -0.3 is 16.0 Å². The Morgan fingerprint density at radius 1 is 0.821 bits per heavy atom. The van der Waals surface area contributed by atoms with Crippen LogP contribution >= 0.6 is 0 Å². The summed E-state index contributed by atoms with van der Waals surface area (Å²) in [6.45, 7) is 2.73. The first-order valence-electron chi connectivity index (χ1n) is 8.52. The highest BCUT2D eigenvalue weighted by molar-refractivity contribution is 6.06. The van der Waals surface area contributed by atoms with Crippen LogP contribution in [0.4, 0.5) is 17.1 Å². The molecule has 0 aliphatic carbocycles. The van der Waals surface area contributed by atoms with E-state index in [1.165, 1.54) is 13.8 Å². The Labute approximate surface area is 161 Å². The molecule has 142 valence electrons. The van der Waals surface area contributed by atoms with Crippen LogP contribution in [-0.2, 0) is 9.59 Å². The standard InChI is InChI=1S/C20H19N5O3/c1-13(26)22-17-10-15(11-18(12-17)23-14(2)27)20(28)24-16-4-6-19(7-5-16)25-9-3-8-21-25/h3-12H,1-2H3,(H,22,26)(H,23,27)(H,24,28). The Balaban J connectivity index is 1.80. The van der Waals surface area contributed by atoms with Gasteiger partial charge >= 0.3 is 0 Å². The van der Waals surface area contributed by atoms with Crippen molar-refractivity contribution in [2.75, 3.05) is 16.0 Å². The number of carbonyl (C=O) groups is 3. The summed E-state index contributed by atoms with van der Waals surface area (Å²) in [7, 11) is 0. The van der Waals surface area contributed by atoms with Crippen molar-refractivity contribution >= 4 is 34.8 Å². The highest BCUT2D eigenvalue weighted by Crippen LogP contribution is 2.21. The first-order chi connectivity index (χ1) is 13.4. The van der Waals surface area contributed by atoms with E-state index in [4.69, 9.17) is 0 Å². The number of aromatic nitrogens is 2. The van der Waals surface area contributed by atoms with Crippen LogP contribution in [0.3, 0.4) is 0 Å². The van der Waals surface area contributed by atoms with Crippen molar-refractivity contribution in [2.45, 2.75) is 13.8 Å². The lowest BCUT2D eigenvalue weighted by Crippen LogP contribution is -2.15. The minimum atomic E-state index is -0.370. The summed E-state index contributed by atoms with van der Waals surface area (Å²) in [5.74, 6) is -0.924. The van der Waals surface area contributed by atoms with Gasteiger partial charge in [-0.2, -0.15) is 5.10 Å². The maximum Gasteiger partial charge on any atom is 0.255 e. The number of amides is 3. The van der Waals surface area contributed by atoms with Gasteiger partial charge in [0, 0.05) is 48.9 Å². The van der Waals surface area contributed by atoms with E-state index in [0.29, 0.717) is 22.6 Å². The fourth-order valence-electron chi connectivity index (χ4n) is 2.63. The van der Waals surface area contributed by atoms with Gasteiger partial charge in [0.25, 0.3) is 5.91 Å². The van der Waals surface area contributed by atoms with E-state index in [-0.39, 0.29) is 17.7 Å². The minimum absolute atomic E-state index is 0.277. The second-order valence-electron chi connectivity index (χ2n) is 6.11. The van der Waals surface area contributed by atoms with Crippen LogP contribution in [0, 0.1) is 0 Å². The van der Waals surface area contributed by atoms with Crippen molar-refractivity contribution in [3.8, 4) is 5.69 Å². The Bertz CT molecular complexity index is 977. The predicted octanol–water partition coefficient (Wildman–Crippen LogP) is 3.04. The van der Waals surface area contributed by atoms with Crippen LogP contribution in [0.15, 0.2) is 60.9 Å². The number of rotatable bonds is 5. The third kappa shape index (κ3) is 4.82. The molecule has 0 atom stereocenters. The van der Waals surface area contributed by atoms with Crippen LogP contribution in [-0.4, -0.2) is 27.5 Å². The number of hydrogen-bond donors (Lipinski definition) is 3. The number of carbonyl (C=O) groups excluding carboxylic acids is 3. The van der Waals surface area contributed by atoms with E-state index in [1.54, 1.807) is 41.2 Å². The predicted molar refractivity (Wildman–Crippen MR) is 107 cm³/mol. The average molecular weight is 377 g/mol. The van der Waals surface area contributed by atoms with Crippen molar-refractivity contribution < 1.29 is 14.4 Å². The van der Waals surface area contributed by atoms with Crippen LogP contribution in [0.25, 0.3) is 5.69 Å². The van der Waals surface area contributed by atoms with E-state index in [9.17, 15) is 14.4 Å². The summed E-state index contributed by atoms with van der Waals surface area (Å²) in [4.78, 5) is 35.3. The molecule has 28 heavy (non-hydrogen) atoms. The van der Waals surface area contributed by atoms with E-state index in [2.05, 4.69) is 21.0 Å². The summed E-state index contributed by atoms with van der Waals surface area (Å²) in [6, 6.07) is 13.7. The minimum Gasteiger partial charge on any atom is -0.326 e. The molecule has 0 aliphatic heterocycles.